The van der Waals surface area contributed by atoms with Crippen molar-refractivity contribution < 1.29 is 70.0 Å². The molecule has 0 heterocycles. The third-order valence-corrected chi connectivity index (χ3v) is 0. The first kappa shape index (κ1) is 39.6. The number of hydrogen-bond donors (Lipinski definition) is 0. The van der Waals surface area contributed by atoms with Crippen molar-refractivity contribution in [3.63, 3.8) is 0 Å². The van der Waals surface area contributed by atoms with Crippen LogP contribution in [0, 0.1) is 37.3 Å². The molecule has 25 valence electrons. The first-order valence-corrected chi connectivity index (χ1v) is 0. The molecule has 0 aromatic carbocycles. The summed E-state index contributed by atoms with van der Waals surface area (Å²) in [6, 6.07) is 0. The maximum Gasteiger partial charge on any atom is 4.00 e. The van der Waals surface area contributed by atoms with Gasteiger partial charge >= 0.3 is 59.0 Å². The molecular weight excluding hydrogens is 247 g/mol. The van der Waals surface area contributed by atoms with Crippen molar-refractivity contribution in [3.8, 4) is 0 Å². The van der Waals surface area contributed by atoms with Gasteiger partial charge in [-0.25, -0.2) is 0 Å². The van der Waals surface area contributed by atoms with Crippen LogP contribution >= 0.6 is 0 Å². The molecule has 0 unspecified atom stereocenters. The van der Waals surface area contributed by atoms with E-state index in [1.54, 1.807) is 0 Å². The minimum absolute atomic E-state index is 0. The van der Waals surface area contributed by atoms with Gasteiger partial charge < -0.3 is 11.0 Å². The van der Waals surface area contributed by atoms with E-state index in [9.17, 15) is 0 Å². The van der Waals surface area contributed by atoms with Gasteiger partial charge in [0.05, 0.1) is 0 Å². The predicted molar refractivity (Wildman–Crippen MR) is 1.37 cm³/mol. The van der Waals surface area contributed by atoms with E-state index in [2.05, 4.69) is 0 Å². The van der Waals surface area contributed by atoms with E-state index in [4.69, 9.17) is 0 Å². The van der Waals surface area contributed by atoms with Crippen molar-refractivity contribution in [2.45, 2.75) is 0 Å². The van der Waals surface area contributed by atoms with Crippen LogP contribution in [-0.2, 0) is 32.7 Å². The summed E-state index contributed by atoms with van der Waals surface area (Å²) in [5.41, 5.74) is 0. The van der Waals surface area contributed by atoms with Crippen LogP contribution in [0.5, 0.6) is 0 Å². The Kier molecular flexibility index (Phi) is 206. The van der Waals surface area contributed by atoms with Crippen LogP contribution in [0.3, 0.4) is 0 Å². The average molecular weight is 247 g/mol. The molecule has 4 heavy (non-hydrogen) atoms. The van der Waals surface area contributed by atoms with Crippen LogP contribution in [0.15, 0.2) is 0 Å². The van der Waals surface area contributed by atoms with Gasteiger partial charge in [-0.3, -0.25) is 0 Å². The van der Waals surface area contributed by atoms with Crippen molar-refractivity contribution in [1.29, 1.82) is 0 Å². The van der Waals surface area contributed by atoms with Crippen LogP contribution < -0.4 is 0 Å². The molecule has 0 N–H and O–H groups in total. The molecule has 0 aromatic rings. The molecule has 0 amide bonds. The van der Waals surface area contributed by atoms with E-state index in [1.165, 1.54) is 0 Å². The van der Waals surface area contributed by atoms with Gasteiger partial charge in [-0.05, 0) is 0 Å². The smallest absolute Gasteiger partial charge is 2.00 e. The van der Waals surface area contributed by atoms with Crippen molar-refractivity contribution in [2.24, 2.45) is 0 Å². The summed E-state index contributed by atoms with van der Waals surface area (Å²) in [7, 11) is 0. The Labute approximate surface area is 69.0 Å². The van der Waals surface area contributed by atoms with Gasteiger partial charge in [0.25, 0.3) is 0 Å². The molecule has 4 heteroatoms. The fourth-order valence-corrected chi connectivity index (χ4v) is 0. The summed E-state index contributed by atoms with van der Waals surface area (Å²) >= 11 is 0. The van der Waals surface area contributed by atoms with Gasteiger partial charge in [0, 0.05) is 0 Å². The van der Waals surface area contributed by atoms with Gasteiger partial charge in [0.15, 0.2) is 0 Å². The largest absolute Gasteiger partial charge is 4.00 e. The van der Waals surface area contributed by atoms with E-state index in [0.29, 0.717) is 0 Å². The third kappa shape index (κ3) is 9.10. The fraction of sp³-hybridized carbons (Fsp3) is 0. The molecule has 0 fully saturated rings. The average Bonchev–Trinajstić information content (AvgIpc) is 0. The molecule has 1 radical (unpaired) electrons. The molecule has 0 saturated heterocycles. The summed E-state index contributed by atoms with van der Waals surface area (Å²) in [4.78, 5) is 0. The zero-order valence-corrected chi connectivity index (χ0v) is 5.02. The number of rotatable bonds is 0. The van der Waals surface area contributed by atoms with E-state index in [1.807, 2.05) is 0 Å². The minimum Gasteiger partial charge on any atom is -2.00 e. The molecular formula is ErO2Ti+3. The molecule has 0 rings (SSSR count). The molecule has 0 spiro atoms. The molecule has 0 aliphatic heterocycles. The van der Waals surface area contributed by atoms with Crippen LogP contribution in [0.25, 0.3) is 0 Å². The Hall–Kier alpha value is 1.88. The van der Waals surface area contributed by atoms with Crippen molar-refractivity contribution >= 4 is 0 Å². The molecule has 0 aliphatic carbocycles. The Morgan fingerprint density at radius 3 is 0.750 bits per heavy atom. The molecule has 0 aromatic heterocycles. The summed E-state index contributed by atoms with van der Waals surface area (Å²) in [6.07, 6.45) is 0. The summed E-state index contributed by atoms with van der Waals surface area (Å²) in [6.45, 7) is 0. The topological polar surface area (TPSA) is 57.0 Å². The quantitative estimate of drug-likeness (QED) is 0.530. The summed E-state index contributed by atoms with van der Waals surface area (Å²) < 4.78 is 0. The Morgan fingerprint density at radius 2 is 0.750 bits per heavy atom. The van der Waals surface area contributed by atoms with Gasteiger partial charge in [-0.15, -0.1) is 0 Å². The normalized spacial score (nSPS) is 0. The van der Waals surface area contributed by atoms with Crippen molar-refractivity contribution in [2.75, 3.05) is 0 Å². The van der Waals surface area contributed by atoms with Crippen molar-refractivity contribution in [1.82, 2.24) is 0 Å². The Morgan fingerprint density at radius 1 is 0.750 bits per heavy atom. The standard InChI is InChI=1S/Er.2O.Ti/q+3;2*-2;+4. The fourth-order valence-electron chi connectivity index (χ4n) is 0. The number of hydrogen-bond acceptors (Lipinski definition) is 0. The predicted octanol–water partition coefficient (Wildman–Crippen LogP) is -0.240. The van der Waals surface area contributed by atoms with Gasteiger partial charge in [0.1, 0.15) is 0 Å². The van der Waals surface area contributed by atoms with E-state index in [-0.39, 0.29) is 70.0 Å². The molecule has 0 saturated carbocycles. The second kappa shape index (κ2) is 20.8. The maximum atomic E-state index is 0. The zero-order chi connectivity index (χ0) is 0. The molecule has 0 bridgehead atoms. The second-order valence-electron chi connectivity index (χ2n) is 0. The van der Waals surface area contributed by atoms with E-state index >= 15 is 0 Å². The summed E-state index contributed by atoms with van der Waals surface area (Å²) in [5, 5.41) is 0. The first-order valence-electron chi connectivity index (χ1n) is 0. The van der Waals surface area contributed by atoms with Gasteiger partial charge in [0.2, 0.25) is 0 Å². The van der Waals surface area contributed by atoms with E-state index in [0.717, 1.165) is 0 Å². The van der Waals surface area contributed by atoms with Crippen LogP contribution in [-0.4, -0.2) is 0 Å². The van der Waals surface area contributed by atoms with Crippen LogP contribution in [0.2, 0.25) is 0 Å². The molecule has 0 aliphatic rings. The van der Waals surface area contributed by atoms with Crippen LogP contribution in [0.1, 0.15) is 0 Å². The van der Waals surface area contributed by atoms with Gasteiger partial charge in [-0.2, -0.15) is 0 Å². The Balaban J connectivity index is 0. The second-order valence-corrected chi connectivity index (χ2v) is 0. The zero-order valence-electron chi connectivity index (χ0n) is 1.61. The SMILES string of the molecule is [Er+3].[O-2].[O-2].[Ti+4]. The third-order valence-electron chi connectivity index (χ3n) is 0. The monoisotopic (exact) mass is 246 g/mol. The van der Waals surface area contributed by atoms with Crippen LogP contribution in [0.4, 0.5) is 0 Å². The van der Waals surface area contributed by atoms with Gasteiger partial charge in [-0.1, -0.05) is 0 Å². The van der Waals surface area contributed by atoms with Crippen molar-refractivity contribution in [3.05, 3.63) is 0 Å². The molecule has 2 nitrogen and oxygen atoms in total. The van der Waals surface area contributed by atoms with E-state index < -0.39 is 0 Å². The minimum atomic E-state index is 0. The maximum absolute atomic E-state index is 0. The Bertz CT molecular complexity index is 6.00. The molecule has 0 atom stereocenters. The first-order chi connectivity index (χ1) is 0. The summed E-state index contributed by atoms with van der Waals surface area (Å²) in [5.74, 6) is 0.